The molecule has 1 aromatic rings. The number of hydrogen-bond acceptors (Lipinski definition) is 3. The van der Waals surface area contributed by atoms with Crippen molar-refractivity contribution in [1.82, 2.24) is 5.32 Å². The summed E-state index contributed by atoms with van der Waals surface area (Å²) < 4.78 is 4.76. The monoisotopic (exact) mass is 235 g/mol. The summed E-state index contributed by atoms with van der Waals surface area (Å²) in [5.41, 5.74) is 0.608. The predicted octanol–water partition coefficient (Wildman–Crippen LogP) is 2.16. The summed E-state index contributed by atoms with van der Waals surface area (Å²) in [6, 6.07) is 10.4. The Labute approximate surface area is 103 Å². The molecule has 3 heteroatoms. The lowest BCUT2D eigenvalue weighted by Crippen LogP contribution is -2.51. The Morgan fingerprint density at radius 2 is 1.94 bits per heavy atom. The van der Waals surface area contributed by atoms with Crippen LogP contribution in [0.4, 0.5) is 0 Å². The van der Waals surface area contributed by atoms with Crippen LogP contribution in [0.2, 0.25) is 0 Å². The maximum absolute atomic E-state index is 11.5. The fourth-order valence-corrected chi connectivity index (χ4v) is 1.95. The van der Waals surface area contributed by atoms with Gasteiger partial charge < -0.3 is 4.74 Å². The Kier molecular flexibility index (Phi) is 4.70. The third-order valence-electron chi connectivity index (χ3n) is 2.69. The zero-order chi connectivity index (χ0) is 12.9. The van der Waals surface area contributed by atoms with E-state index in [9.17, 15) is 4.79 Å². The Hall–Kier alpha value is -1.35. The molecular formula is C14H21NO2. The number of rotatable bonds is 5. The molecule has 0 amide bonds. The van der Waals surface area contributed by atoms with Crippen LogP contribution in [0, 0.1) is 0 Å². The average molecular weight is 235 g/mol. The number of carbonyl (C=O) groups excluding carboxylic acids is 1. The van der Waals surface area contributed by atoms with Crippen LogP contribution in [0.25, 0.3) is 0 Å². The smallest absolute Gasteiger partial charge is 0.325 e. The van der Waals surface area contributed by atoms with Crippen LogP contribution in [0.3, 0.4) is 0 Å². The van der Waals surface area contributed by atoms with Crippen molar-refractivity contribution in [3.63, 3.8) is 0 Å². The molecule has 17 heavy (non-hydrogen) atoms. The van der Waals surface area contributed by atoms with Gasteiger partial charge in [-0.05, 0) is 32.8 Å². The first-order valence-corrected chi connectivity index (χ1v) is 5.86. The molecule has 0 saturated heterocycles. The number of benzene rings is 1. The summed E-state index contributed by atoms with van der Waals surface area (Å²) in [5.74, 6) is -0.239. The van der Waals surface area contributed by atoms with E-state index in [0.29, 0.717) is 0 Å². The first-order valence-electron chi connectivity index (χ1n) is 5.86. The van der Waals surface area contributed by atoms with Gasteiger partial charge in [-0.1, -0.05) is 30.3 Å². The maximum Gasteiger partial charge on any atom is 0.325 e. The first kappa shape index (κ1) is 13.7. The average Bonchev–Trinajstić information content (AvgIpc) is 2.28. The van der Waals surface area contributed by atoms with E-state index < -0.39 is 5.54 Å². The van der Waals surface area contributed by atoms with E-state index in [4.69, 9.17) is 4.74 Å². The van der Waals surface area contributed by atoms with Crippen molar-refractivity contribution in [2.45, 2.75) is 38.8 Å². The summed E-state index contributed by atoms with van der Waals surface area (Å²) >= 11 is 0. The summed E-state index contributed by atoms with van der Waals surface area (Å²) in [5, 5.41) is 3.28. The van der Waals surface area contributed by atoms with E-state index in [1.54, 1.807) is 0 Å². The van der Waals surface area contributed by atoms with E-state index in [1.807, 2.05) is 32.0 Å². The molecule has 0 radical (unpaired) electrons. The van der Waals surface area contributed by atoms with Crippen LogP contribution in [-0.4, -0.2) is 24.7 Å². The normalized spacial score (nSPS) is 13.2. The Morgan fingerprint density at radius 3 is 2.47 bits per heavy atom. The quantitative estimate of drug-likeness (QED) is 0.795. The van der Waals surface area contributed by atoms with Gasteiger partial charge >= 0.3 is 5.97 Å². The summed E-state index contributed by atoms with van der Waals surface area (Å²) in [6.45, 7) is 5.73. The lowest BCUT2D eigenvalue weighted by atomic mass is 10.0. The van der Waals surface area contributed by atoms with Gasteiger partial charge in [-0.25, -0.2) is 0 Å². The first-order chi connectivity index (χ1) is 7.95. The highest BCUT2D eigenvalue weighted by Crippen LogP contribution is 2.09. The molecular weight excluding hydrogens is 214 g/mol. The van der Waals surface area contributed by atoms with Crippen molar-refractivity contribution in [2.75, 3.05) is 7.11 Å². The molecule has 3 nitrogen and oxygen atoms in total. The number of carbonyl (C=O) groups is 1. The summed E-state index contributed by atoms with van der Waals surface area (Å²) in [4.78, 5) is 11.5. The summed E-state index contributed by atoms with van der Waals surface area (Å²) in [6.07, 6.45) is 0.890. The molecule has 1 unspecified atom stereocenters. The molecule has 1 aromatic carbocycles. The lowest BCUT2D eigenvalue weighted by molar-refractivity contribution is -0.147. The molecule has 1 atom stereocenters. The van der Waals surface area contributed by atoms with Crippen molar-refractivity contribution in [1.29, 1.82) is 0 Å². The molecule has 0 aromatic heterocycles. The Morgan fingerprint density at radius 1 is 1.35 bits per heavy atom. The van der Waals surface area contributed by atoms with Crippen molar-refractivity contribution in [3.8, 4) is 0 Å². The predicted molar refractivity (Wildman–Crippen MR) is 68.8 cm³/mol. The molecule has 1 N–H and O–H groups in total. The fraction of sp³-hybridized carbons (Fsp3) is 0.500. The van der Waals surface area contributed by atoms with Gasteiger partial charge in [-0.15, -0.1) is 0 Å². The third-order valence-corrected chi connectivity index (χ3v) is 2.69. The molecule has 0 fully saturated rings. The highest BCUT2D eigenvalue weighted by atomic mass is 16.5. The number of methoxy groups -OCH3 is 1. The van der Waals surface area contributed by atoms with E-state index in [-0.39, 0.29) is 12.0 Å². The fourth-order valence-electron chi connectivity index (χ4n) is 1.95. The second-order valence-corrected chi connectivity index (χ2v) is 4.85. The van der Waals surface area contributed by atoms with Crippen LogP contribution in [-0.2, 0) is 16.0 Å². The molecule has 0 spiro atoms. The molecule has 0 aliphatic heterocycles. The van der Waals surface area contributed by atoms with Gasteiger partial charge in [-0.2, -0.15) is 0 Å². The Balaban J connectivity index is 2.55. The maximum atomic E-state index is 11.5. The van der Waals surface area contributed by atoms with Gasteiger partial charge in [0, 0.05) is 6.04 Å². The second kappa shape index (κ2) is 5.82. The number of hydrogen-bond donors (Lipinski definition) is 1. The van der Waals surface area contributed by atoms with E-state index in [1.165, 1.54) is 12.7 Å². The van der Waals surface area contributed by atoms with Gasteiger partial charge in [-0.3, -0.25) is 10.1 Å². The molecule has 0 bridgehead atoms. The van der Waals surface area contributed by atoms with E-state index in [0.717, 1.165) is 6.42 Å². The van der Waals surface area contributed by atoms with Gasteiger partial charge in [0.15, 0.2) is 0 Å². The zero-order valence-corrected chi connectivity index (χ0v) is 11.0. The minimum atomic E-state index is -0.650. The molecule has 0 aliphatic rings. The van der Waals surface area contributed by atoms with Crippen LogP contribution in [0.5, 0.6) is 0 Å². The number of nitrogens with one attached hydrogen (secondary N) is 1. The van der Waals surface area contributed by atoms with Crippen molar-refractivity contribution in [2.24, 2.45) is 0 Å². The highest BCUT2D eigenvalue weighted by molar-refractivity contribution is 5.79. The molecule has 0 aliphatic carbocycles. The molecule has 1 rings (SSSR count). The molecule has 0 heterocycles. The Bertz CT molecular complexity index is 360. The van der Waals surface area contributed by atoms with E-state index in [2.05, 4.69) is 24.4 Å². The number of esters is 1. The van der Waals surface area contributed by atoms with Gasteiger partial charge in [0.1, 0.15) is 5.54 Å². The minimum absolute atomic E-state index is 0.214. The lowest BCUT2D eigenvalue weighted by Gasteiger charge is -2.27. The van der Waals surface area contributed by atoms with Crippen molar-refractivity contribution < 1.29 is 9.53 Å². The van der Waals surface area contributed by atoms with E-state index >= 15 is 0 Å². The second-order valence-electron chi connectivity index (χ2n) is 4.85. The summed E-state index contributed by atoms with van der Waals surface area (Å²) in [7, 11) is 1.41. The van der Waals surface area contributed by atoms with Crippen LogP contribution < -0.4 is 5.32 Å². The zero-order valence-electron chi connectivity index (χ0n) is 11.0. The SMILES string of the molecule is COC(=O)C(C)(C)NC(C)Cc1ccccc1. The van der Waals surface area contributed by atoms with Crippen molar-refractivity contribution >= 4 is 5.97 Å². The largest absolute Gasteiger partial charge is 0.468 e. The van der Waals surface area contributed by atoms with Gasteiger partial charge in [0.25, 0.3) is 0 Å². The molecule has 94 valence electrons. The highest BCUT2D eigenvalue weighted by Gasteiger charge is 2.29. The third kappa shape index (κ3) is 4.19. The van der Waals surface area contributed by atoms with Gasteiger partial charge in [0.2, 0.25) is 0 Å². The van der Waals surface area contributed by atoms with Crippen molar-refractivity contribution in [3.05, 3.63) is 35.9 Å². The van der Waals surface area contributed by atoms with Crippen LogP contribution >= 0.6 is 0 Å². The van der Waals surface area contributed by atoms with Crippen LogP contribution in [0.15, 0.2) is 30.3 Å². The minimum Gasteiger partial charge on any atom is -0.468 e. The topological polar surface area (TPSA) is 38.3 Å². The van der Waals surface area contributed by atoms with Crippen LogP contribution in [0.1, 0.15) is 26.3 Å². The molecule has 0 saturated carbocycles. The standard InChI is InChI=1S/C14H21NO2/c1-11(10-12-8-6-5-7-9-12)15-14(2,3)13(16)17-4/h5-9,11,15H,10H2,1-4H3. The number of ether oxygens (including phenoxy) is 1. The van der Waals surface area contributed by atoms with Gasteiger partial charge in [0.05, 0.1) is 7.11 Å².